The van der Waals surface area contributed by atoms with Crippen molar-refractivity contribution < 1.29 is 19.4 Å². The number of hydrogen-bond donors (Lipinski definition) is 2. The van der Waals surface area contributed by atoms with E-state index in [0.29, 0.717) is 12.6 Å². The van der Waals surface area contributed by atoms with Gasteiger partial charge in [-0.2, -0.15) is 0 Å². The van der Waals surface area contributed by atoms with Gasteiger partial charge in [0.15, 0.2) is 11.5 Å². The molecule has 6 heteroatoms. The van der Waals surface area contributed by atoms with Crippen molar-refractivity contribution in [3.8, 4) is 11.5 Å². The molecule has 1 saturated heterocycles. The lowest BCUT2D eigenvalue weighted by Gasteiger charge is -2.52. The molecule has 1 aromatic carbocycles. The van der Waals surface area contributed by atoms with Gasteiger partial charge in [-0.25, -0.2) is 0 Å². The molecule has 2 heterocycles. The standard InChI is InChI=1S/C24H34N2O4/c27-22(25-18-6-2-1-3-7-18)15-26-13-12-24(28)11-5-4-8-19(24)23(26)17-9-10-20-21(14-17)30-16-29-20/h9-10,14,18-19,23,28H,1-8,11-13,15-16H2,(H,25,27)/t19-,23+,24+/m1/s1. The molecule has 30 heavy (non-hydrogen) atoms. The van der Waals surface area contributed by atoms with Gasteiger partial charge in [-0.15, -0.1) is 0 Å². The first kappa shape index (κ1) is 20.1. The Kier molecular flexibility index (Phi) is 5.63. The zero-order chi connectivity index (χ0) is 20.6. The van der Waals surface area contributed by atoms with Crippen molar-refractivity contribution >= 4 is 5.91 Å². The first-order chi connectivity index (χ1) is 14.6. The summed E-state index contributed by atoms with van der Waals surface area (Å²) in [7, 11) is 0. The molecule has 0 spiro atoms. The van der Waals surface area contributed by atoms with Crippen LogP contribution in [0.1, 0.15) is 75.8 Å². The second-order valence-electron chi connectivity index (χ2n) is 9.64. The van der Waals surface area contributed by atoms with Gasteiger partial charge in [0.1, 0.15) is 0 Å². The van der Waals surface area contributed by atoms with Crippen molar-refractivity contribution in [1.29, 1.82) is 0 Å². The number of aliphatic hydroxyl groups is 1. The summed E-state index contributed by atoms with van der Waals surface area (Å²) in [4.78, 5) is 15.2. The highest BCUT2D eigenvalue weighted by Gasteiger charge is 2.49. The number of carbonyl (C=O) groups excluding carboxylic acids is 1. The van der Waals surface area contributed by atoms with Crippen LogP contribution in [-0.4, -0.2) is 47.4 Å². The molecule has 1 aromatic rings. The van der Waals surface area contributed by atoms with Crippen molar-refractivity contribution in [2.75, 3.05) is 19.9 Å². The van der Waals surface area contributed by atoms with Gasteiger partial charge in [0.25, 0.3) is 0 Å². The number of ether oxygens (including phenoxy) is 2. The summed E-state index contributed by atoms with van der Waals surface area (Å²) >= 11 is 0. The molecule has 3 fully saturated rings. The van der Waals surface area contributed by atoms with E-state index in [1.807, 2.05) is 6.07 Å². The molecule has 0 unspecified atom stereocenters. The van der Waals surface area contributed by atoms with Gasteiger partial charge in [-0.3, -0.25) is 9.69 Å². The van der Waals surface area contributed by atoms with Crippen LogP contribution in [0.4, 0.5) is 0 Å². The van der Waals surface area contributed by atoms with Gasteiger partial charge in [0.05, 0.1) is 12.1 Å². The average molecular weight is 415 g/mol. The van der Waals surface area contributed by atoms with Gasteiger partial charge in [-0.1, -0.05) is 38.2 Å². The van der Waals surface area contributed by atoms with Crippen LogP contribution < -0.4 is 14.8 Å². The van der Waals surface area contributed by atoms with Crippen molar-refractivity contribution in [2.24, 2.45) is 5.92 Å². The summed E-state index contributed by atoms with van der Waals surface area (Å²) in [6, 6.07) is 6.46. The molecule has 5 rings (SSSR count). The molecule has 0 radical (unpaired) electrons. The van der Waals surface area contributed by atoms with E-state index < -0.39 is 5.60 Å². The summed E-state index contributed by atoms with van der Waals surface area (Å²) in [6.07, 6.45) is 10.7. The predicted molar refractivity (Wildman–Crippen MR) is 113 cm³/mol. The molecule has 1 amide bonds. The zero-order valence-electron chi connectivity index (χ0n) is 17.8. The van der Waals surface area contributed by atoms with Crippen LogP contribution in [0.25, 0.3) is 0 Å². The number of likely N-dealkylation sites (tertiary alicyclic amines) is 1. The van der Waals surface area contributed by atoms with Gasteiger partial charge < -0.3 is 19.9 Å². The molecule has 164 valence electrons. The van der Waals surface area contributed by atoms with Gasteiger partial charge in [0.2, 0.25) is 12.7 Å². The Labute approximate surface area is 178 Å². The van der Waals surface area contributed by atoms with E-state index in [4.69, 9.17) is 9.47 Å². The molecular weight excluding hydrogens is 380 g/mol. The fraction of sp³-hybridized carbons (Fsp3) is 0.708. The van der Waals surface area contributed by atoms with Crippen LogP contribution in [0.3, 0.4) is 0 Å². The van der Waals surface area contributed by atoms with E-state index in [1.165, 1.54) is 19.3 Å². The molecule has 2 aliphatic carbocycles. The molecule has 0 bridgehead atoms. The zero-order valence-corrected chi connectivity index (χ0v) is 17.8. The highest BCUT2D eigenvalue weighted by atomic mass is 16.7. The van der Waals surface area contributed by atoms with Gasteiger partial charge in [-0.05, 0) is 49.8 Å². The maximum atomic E-state index is 12.9. The minimum Gasteiger partial charge on any atom is -0.454 e. The second-order valence-corrected chi connectivity index (χ2v) is 9.64. The van der Waals surface area contributed by atoms with E-state index in [1.54, 1.807) is 0 Å². The maximum absolute atomic E-state index is 12.9. The molecule has 2 N–H and O–H groups in total. The largest absolute Gasteiger partial charge is 0.454 e. The summed E-state index contributed by atoms with van der Waals surface area (Å²) in [5.41, 5.74) is 0.491. The number of nitrogens with one attached hydrogen (secondary N) is 1. The number of carbonyl (C=O) groups is 1. The second kappa shape index (κ2) is 8.39. The Hall–Kier alpha value is -1.79. The summed E-state index contributed by atoms with van der Waals surface area (Å²) in [5, 5.41) is 14.7. The molecule has 0 aromatic heterocycles. The third-order valence-electron chi connectivity index (χ3n) is 7.73. The smallest absolute Gasteiger partial charge is 0.234 e. The topological polar surface area (TPSA) is 71.0 Å². The Morgan fingerprint density at radius 2 is 1.87 bits per heavy atom. The minimum absolute atomic E-state index is 0.0238. The lowest BCUT2D eigenvalue weighted by molar-refractivity contribution is -0.138. The molecular formula is C24H34N2O4. The van der Waals surface area contributed by atoms with Crippen LogP contribution in [0.2, 0.25) is 0 Å². The van der Waals surface area contributed by atoms with Crippen LogP contribution in [0.5, 0.6) is 11.5 Å². The lowest BCUT2D eigenvalue weighted by atomic mass is 9.66. The number of amides is 1. The Bertz CT molecular complexity index is 778. The third-order valence-corrected chi connectivity index (χ3v) is 7.73. The minimum atomic E-state index is -0.629. The first-order valence-corrected chi connectivity index (χ1v) is 11.8. The van der Waals surface area contributed by atoms with Gasteiger partial charge >= 0.3 is 0 Å². The van der Waals surface area contributed by atoms with E-state index >= 15 is 0 Å². The Morgan fingerprint density at radius 1 is 1.07 bits per heavy atom. The number of hydrogen-bond acceptors (Lipinski definition) is 5. The lowest BCUT2D eigenvalue weighted by Crippen LogP contribution is -2.56. The van der Waals surface area contributed by atoms with Crippen LogP contribution >= 0.6 is 0 Å². The summed E-state index contributed by atoms with van der Waals surface area (Å²) in [6.45, 7) is 1.39. The quantitative estimate of drug-likeness (QED) is 0.789. The van der Waals surface area contributed by atoms with E-state index in [2.05, 4.69) is 22.3 Å². The fourth-order valence-electron chi connectivity index (χ4n) is 6.16. The predicted octanol–water partition coefficient (Wildman–Crippen LogP) is 3.53. The summed E-state index contributed by atoms with van der Waals surface area (Å²) in [5.74, 6) is 1.80. The average Bonchev–Trinajstić information content (AvgIpc) is 3.22. The van der Waals surface area contributed by atoms with E-state index in [0.717, 1.165) is 68.6 Å². The van der Waals surface area contributed by atoms with Crippen molar-refractivity contribution in [2.45, 2.75) is 81.9 Å². The molecule has 4 aliphatic rings. The van der Waals surface area contributed by atoms with Crippen molar-refractivity contribution in [1.82, 2.24) is 10.2 Å². The Balaban J connectivity index is 1.38. The Morgan fingerprint density at radius 3 is 2.73 bits per heavy atom. The SMILES string of the molecule is O=C(CN1CC[C@@]2(O)CCCC[C@@H]2[C@@H]1c1ccc2c(c1)OCO2)NC1CCCCC1. The highest BCUT2D eigenvalue weighted by molar-refractivity contribution is 5.78. The number of nitrogens with zero attached hydrogens (tertiary/aromatic N) is 1. The first-order valence-electron chi connectivity index (χ1n) is 11.8. The molecule has 2 aliphatic heterocycles. The highest BCUT2D eigenvalue weighted by Crippen LogP contribution is 2.50. The number of piperidine rings is 1. The van der Waals surface area contributed by atoms with Crippen molar-refractivity contribution in [3.05, 3.63) is 23.8 Å². The molecule has 6 nitrogen and oxygen atoms in total. The number of rotatable bonds is 4. The van der Waals surface area contributed by atoms with Crippen LogP contribution in [-0.2, 0) is 4.79 Å². The van der Waals surface area contributed by atoms with Crippen LogP contribution in [0.15, 0.2) is 18.2 Å². The van der Waals surface area contributed by atoms with Crippen LogP contribution in [0, 0.1) is 5.92 Å². The van der Waals surface area contributed by atoms with E-state index in [9.17, 15) is 9.90 Å². The maximum Gasteiger partial charge on any atom is 0.234 e. The normalized spacial score (nSPS) is 31.9. The molecule has 2 saturated carbocycles. The van der Waals surface area contributed by atoms with Crippen molar-refractivity contribution in [3.63, 3.8) is 0 Å². The fourth-order valence-corrected chi connectivity index (χ4v) is 6.16. The molecule has 3 atom stereocenters. The number of benzene rings is 1. The summed E-state index contributed by atoms with van der Waals surface area (Å²) < 4.78 is 11.1. The van der Waals surface area contributed by atoms with Gasteiger partial charge in [0, 0.05) is 24.5 Å². The third kappa shape index (κ3) is 3.92. The number of fused-ring (bicyclic) bond motifs is 2. The monoisotopic (exact) mass is 414 g/mol. The van der Waals surface area contributed by atoms with E-state index in [-0.39, 0.29) is 24.7 Å².